The molecule has 2 N–H and O–H groups in total. The molecule has 4 nitrogen and oxygen atoms in total. The van der Waals surface area contributed by atoms with Crippen LogP contribution < -0.4 is 10.6 Å². The highest BCUT2D eigenvalue weighted by Gasteiger charge is 2.07. The number of carbonyl (C=O) groups is 1. The lowest BCUT2D eigenvalue weighted by molar-refractivity contribution is -0.121. The van der Waals surface area contributed by atoms with E-state index < -0.39 is 0 Å². The Labute approximate surface area is 92.8 Å². The molecule has 0 bridgehead atoms. The van der Waals surface area contributed by atoms with Crippen LogP contribution in [0.4, 0.5) is 0 Å². The van der Waals surface area contributed by atoms with E-state index in [1.165, 1.54) is 0 Å². The Morgan fingerprint density at radius 3 is 2.53 bits per heavy atom. The first kappa shape index (κ1) is 14.4. The van der Waals surface area contributed by atoms with Crippen LogP contribution in [-0.4, -0.2) is 38.3 Å². The Morgan fingerprint density at radius 2 is 2.00 bits per heavy atom. The second-order valence-corrected chi connectivity index (χ2v) is 3.99. The van der Waals surface area contributed by atoms with Crippen molar-refractivity contribution in [2.75, 3.05) is 20.3 Å². The first-order chi connectivity index (χ1) is 7.10. The molecule has 0 aliphatic heterocycles. The van der Waals surface area contributed by atoms with Gasteiger partial charge in [-0.1, -0.05) is 13.3 Å². The average molecular weight is 216 g/mol. The summed E-state index contributed by atoms with van der Waals surface area (Å²) in [4.78, 5) is 11.4. The first-order valence-electron chi connectivity index (χ1n) is 5.61. The molecule has 0 fully saturated rings. The summed E-state index contributed by atoms with van der Waals surface area (Å²) in [5, 5.41) is 6.03. The van der Waals surface area contributed by atoms with E-state index in [0.717, 1.165) is 12.8 Å². The topological polar surface area (TPSA) is 50.4 Å². The molecule has 1 amide bonds. The van der Waals surface area contributed by atoms with E-state index in [9.17, 15) is 4.79 Å². The number of rotatable bonds is 8. The molecular formula is C11H24N2O2. The van der Waals surface area contributed by atoms with Gasteiger partial charge in [-0.05, 0) is 20.3 Å². The molecule has 0 heterocycles. The molecule has 0 aromatic heterocycles. The van der Waals surface area contributed by atoms with E-state index in [0.29, 0.717) is 19.2 Å². The largest absolute Gasteiger partial charge is 0.383 e. The van der Waals surface area contributed by atoms with Gasteiger partial charge in [-0.3, -0.25) is 4.79 Å². The van der Waals surface area contributed by atoms with Gasteiger partial charge < -0.3 is 15.4 Å². The van der Waals surface area contributed by atoms with Crippen LogP contribution in [0.2, 0.25) is 0 Å². The second-order valence-electron chi connectivity index (χ2n) is 3.99. The zero-order chi connectivity index (χ0) is 11.7. The van der Waals surface area contributed by atoms with Gasteiger partial charge in [0.15, 0.2) is 0 Å². The molecule has 15 heavy (non-hydrogen) atoms. The molecule has 0 saturated heterocycles. The third kappa shape index (κ3) is 8.39. The number of hydrogen-bond acceptors (Lipinski definition) is 3. The van der Waals surface area contributed by atoms with Crippen molar-refractivity contribution in [3.63, 3.8) is 0 Å². The highest BCUT2D eigenvalue weighted by atomic mass is 16.5. The molecule has 0 radical (unpaired) electrons. The van der Waals surface area contributed by atoms with Crippen LogP contribution in [0, 0.1) is 0 Å². The number of amides is 1. The quantitative estimate of drug-likeness (QED) is 0.634. The molecule has 0 saturated carbocycles. The lowest BCUT2D eigenvalue weighted by Gasteiger charge is -2.15. The molecule has 0 rings (SSSR count). The Kier molecular flexibility index (Phi) is 8.33. The third-order valence-corrected chi connectivity index (χ3v) is 2.16. The van der Waals surface area contributed by atoms with E-state index in [2.05, 4.69) is 24.5 Å². The maximum Gasteiger partial charge on any atom is 0.234 e. The molecule has 0 aromatic carbocycles. The Bertz CT molecular complexity index is 174. The summed E-state index contributed by atoms with van der Waals surface area (Å²) in [5.74, 6) is 0.0301. The second kappa shape index (κ2) is 8.68. The molecule has 0 aromatic rings. The Hall–Kier alpha value is -0.610. The van der Waals surface area contributed by atoms with Crippen LogP contribution in [0.1, 0.15) is 33.6 Å². The number of ether oxygens (including phenoxy) is 1. The zero-order valence-electron chi connectivity index (χ0n) is 10.3. The van der Waals surface area contributed by atoms with Crippen LogP contribution in [-0.2, 0) is 9.53 Å². The minimum Gasteiger partial charge on any atom is -0.383 e. The number of nitrogens with one attached hydrogen (secondary N) is 2. The standard InChI is InChI=1S/C11H24N2O2/c1-5-6-9(2)12-7-11(14)13-10(3)8-15-4/h9-10,12H,5-8H2,1-4H3,(H,13,14). The normalized spacial score (nSPS) is 14.7. The van der Waals surface area contributed by atoms with Gasteiger partial charge in [-0.2, -0.15) is 0 Å². The average Bonchev–Trinajstić information content (AvgIpc) is 2.15. The number of carbonyl (C=O) groups excluding carboxylic acids is 1. The maximum absolute atomic E-state index is 11.4. The molecule has 90 valence electrons. The fraction of sp³-hybridized carbons (Fsp3) is 0.909. The van der Waals surface area contributed by atoms with Crippen molar-refractivity contribution >= 4 is 5.91 Å². The number of methoxy groups -OCH3 is 1. The minimum atomic E-state index is 0.0301. The van der Waals surface area contributed by atoms with Crippen molar-refractivity contribution in [2.24, 2.45) is 0 Å². The van der Waals surface area contributed by atoms with Crippen molar-refractivity contribution in [3.05, 3.63) is 0 Å². The van der Waals surface area contributed by atoms with E-state index in [1.54, 1.807) is 7.11 Å². The van der Waals surface area contributed by atoms with Gasteiger partial charge in [0.1, 0.15) is 0 Å². The Balaban J connectivity index is 3.56. The van der Waals surface area contributed by atoms with Gasteiger partial charge in [-0.25, -0.2) is 0 Å². The summed E-state index contributed by atoms with van der Waals surface area (Å²) in [7, 11) is 1.63. The van der Waals surface area contributed by atoms with Gasteiger partial charge >= 0.3 is 0 Å². The summed E-state index contributed by atoms with van der Waals surface area (Å²) >= 11 is 0. The van der Waals surface area contributed by atoms with E-state index >= 15 is 0 Å². The van der Waals surface area contributed by atoms with Crippen molar-refractivity contribution in [1.82, 2.24) is 10.6 Å². The first-order valence-corrected chi connectivity index (χ1v) is 5.61. The zero-order valence-corrected chi connectivity index (χ0v) is 10.3. The summed E-state index contributed by atoms with van der Waals surface area (Å²) < 4.78 is 4.93. The lowest BCUT2D eigenvalue weighted by Crippen LogP contribution is -2.43. The van der Waals surface area contributed by atoms with Crippen LogP contribution in [0.15, 0.2) is 0 Å². The lowest BCUT2D eigenvalue weighted by atomic mass is 10.2. The van der Waals surface area contributed by atoms with Gasteiger partial charge in [0.25, 0.3) is 0 Å². The van der Waals surface area contributed by atoms with Crippen LogP contribution in [0.3, 0.4) is 0 Å². The SMILES string of the molecule is CCCC(C)NCC(=O)NC(C)COC. The summed E-state index contributed by atoms with van der Waals surface area (Å²) in [5.41, 5.74) is 0. The van der Waals surface area contributed by atoms with Gasteiger partial charge in [-0.15, -0.1) is 0 Å². The predicted octanol–water partition coefficient (Wildman–Crippen LogP) is 0.916. The highest BCUT2D eigenvalue weighted by Crippen LogP contribution is 1.93. The third-order valence-electron chi connectivity index (χ3n) is 2.16. The van der Waals surface area contributed by atoms with Crippen LogP contribution in [0.25, 0.3) is 0 Å². The smallest absolute Gasteiger partial charge is 0.234 e. The fourth-order valence-electron chi connectivity index (χ4n) is 1.42. The van der Waals surface area contributed by atoms with E-state index in [-0.39, 0.29) is 11.9 Å². The van der Waals surface area contributed by atoms with E-state index in [1.807, 2.05) is 6.92 Å². The van der Waals surface area contributed by atoms with Crippen molar-refractivity contribution in [3.8, 4) is 0 Å². The highest BCUT2D eigenvalue weighted by molar-refractivity contribution is 5.78. The van der Waals surface area contributed by atoms with Gasteiger partial charge in [0.2, 0.25) is 5.91 Å². The molecule has 2 atom stereocenters. The fourth-order valence-corrected chi connectivity index (χ4v) is 1.42. The van der Waals surface area contributed by atoms with Crippen molar-refractivity contribution in [2.45, 2.75) is 45.7 Å². The summed E-state index contributed by atoms with van der Waals surface area (Å²) in [6.07, 6.45) is 2.23. The van der Waals surface area contributed by atoms with Crippen molar-refractivity contribution in [1.29, 1.82) is 0 Å². The van der Waals surface area contributed by atoms with Crippen molar-refractivity contribution < 1.29 is 9.53 Å². The molecule has 2 unspecified atom stereocenters. The molecule has 0 aliphatic rings. The molecule has 4 heteroatoms. The maximum atomic E-state index is 11.4. The van der Waals surface area contributed by atoms with E-state index in [4.69, 9.17) is 4.74 Å². The van der Waals surface area contributed by atoms with Crippen LogP contribution in [0.5, 0.6) is 0 Å². The summed E-state index contributed by atoms with van der Waals surface area (Å²) in [6, 6.07) is 0.476. The Morgan fingerprint density at radius 1 is 1.33 bits per heavy atom. The van der Waals surface area contributed by atoms with Crippen LogP contribution >= 0.6 is 0 Å². The predicted molar refractivity (Wildman–Crippen MR) is 61.9 cm³/mol. The summed E-state index contributed by atoms with van der Waals surface area (Å²) in [6.45, 7) is 7.09. The molecule has 0 aliphatic carbocycles. The van der Waals surface area contributed by atoms with Gasteiger partial charge in [0, 0.05) is 19.2 Å². The van der Waals surface area contributed by atoms with Gasteiger partial charge in [0.05, 0.1) is 13.2 Å². The molecular weight excluding hydrogens is 192 g/mol. The monoisotopic (exact) mass is 216 g/mol. The minimum absolute atomic E-state index is 0.0301. The molecule has 0 spiro atoms. The number of hydrogen-bond donors (Lipinski definition) is 2.